The van der Waals surface area contributed by atoms with Gasteiger partial charge in [0.25, 0.3) is 5.91 Å². The molecule has 6 heteroatoms. The number of carbonyl (C=O) groups is 2. The van der Waals surface area contributed by atoms with E-state index in [1.807, 2.05) is 0 Å². The molecule has 0 spiro atoms. The summed E-state index contributed by atoms with van der Waals surface area (Å²) >= 11 is 6.03. The topological polar surface area (TPSA) is 75.6 Å². The number of Topliss-reactive ketones (excluding diaryl/α,β-unsaturated/α-hetero) is 1. The Morgan fingerprint density at radius 2 is 2.00 bits per heavy atom. The lowest BCUT2D eigenvalue weighted by atomic mass is 9.88. The molecule has 0 fully saturated rings. The number of benzene rings is 2. The first-order valence-corrected chi connectivity index (χ1v) is 7.34. The number of carbonyl (C=O) groups excluding carboxylic acids is 2. The van der Waals surface area contributed by atoms with Gasteiger partial charge in [-0.3, -0.25) is 9.59 Å². The highest BCUT2D eigenvalue weighted by atomic mass is 35.5. The zero-order valence-electron chi connectivity index (χ0n) is 12.3. The molecule has 1 aliphatic heterocycles. The van der Waals surface area contributed by atoms with E-state index in [2.05, 4.69) is 5.32 Å². The van der Waals surface area contributed by atoms with Gasteiger partial charge in [0.15, 0.2) is 11.4 Å². The second kappa shape index (κ2) is 5.68. The van der Waals surface area contributed by atoms with Crippen LogP contribution in [0.4, 0.5) is 5.69 Å². The largest absolute Gasteiger partial charge is 0.496 e. The first-order valence-electron chi connectivity index (χ1n) is 6.96. The van der Waals surface area contributed by atoms with Crippen LogP contribution in [0, 0.1) is 0 Å². The van der Waals surface area contributed by atoms with Gasteiger partial charge in [-0.05, 0) is 18.2 Å². The molecule has 118 valence electrons. The van der Waals surface area contributed by atoms with Gasteiger partial charge in [0.1, 0.15) is 5.75 Å². The molecule has 0 radical (unpaired) electrons. The van der Waals surface area contributed by atoms with Crippen LogP contribution < -0.4 is 10.1 Å². The average molecular weight is 332 g/mol. The van der Waals surface area contributed by atoms with Crippen molar-refractivity contribution in [1.82, 2.24) is 0 Å². The van der Waals surface area contributed by atoms with Gasteiger partial charge in [-0.2, -0.15) is 0 Å². The molecule has 5 nitrogen and oxygen atoms in total. The molecular weight excluding hydrogens is 318 g/mol. The number of nitrogens with one attached hydrogen (secondary N) is 1. The van der Waals surface area contributed by atoms with Crippen LogP contribution in [0.5, 0.6) is 5.75 Å². The van der Waals surface area contributed by atoms with Crippen molar-refractivity contribution >= 4 is 29.0 Å². The number of fused-ring (bicyclic) bond motifs is 1. The summed E-state index contributed by atoms with van der Waals surface area (Å²) in [4.78, 5) is 24.8. The van der Waals surface area contributed by atoms with E-state index in [1.165, 1.54) is 7.11 Å². The Morgan fingerprint density at radius 3 is 2.74 bits per heavy atom. The lowest BCUT2D eigenvalue weighted by molar-refractivity contribution is -0.133. The van der Waals surface area contributed by atoms with Crippen LogP contribution in [0.15, 0.2) is 42.5 Å². The highest BCUT2D eigenvalue weighted by Gasteiger charge is 2.47. The molecule has 23 heavy (non-hydrogen) atoms. The number of aliphatic hydroxyl groups is 1. The molecule has 1 atom stereocenters. The van der Waals surface area contributed by atoms with Crippen molar-refractivity contribution in [1.29, 1.82) is 0 Å². The maximum absolute atomic E-state index is 12.6. The number of amides is 1. The number of methoxy groups -OCH3 is 1. The van der Waals surface area contributed by atoms with Gasteiger partial charge < -0.3 is 15.2 Å². The zero-order chi connectivity index (χ0) is 16.6. The molecule has 2 aromatic rings. The molecule has 1 aliphatic rings. The van der Waals surface area contributed by atoms with Gasteiger partial charge in [0.2, 0.25) is 0 Å². The molecule has 0 saturated heterocycles. The number of anilines is 1. The number of hydrogen-bond donors (Lipinski definition) is 2. The van der Waals surface area contributed by atoms with Crippen LogP contribution in [0.1, 0.15) is 22.3 Å². The highest BCUT2D eigenvalue weighted by molar-refractivity contribution is 6.34. The maximum Gasteiger partial charge on any atom is 0.261 e. The summed E-state index contributed by atoms with van der Waals surface area (Å²) in [6.45, 7) is 0. The van der Waals surface area contributed by atoms with E-state index in [0.29, 0.717) is 27.6 Å². The molecular formula is C17H14ClNO4. The van der Waals surface area contributed by atoms with E-state index in [-0.39, 0.29) is 0 Å². The lowest BCUT2D eigenvalue weighted by Gasteiger charge is -2.20. The third kappa shape index (κ3) is 2.48. The van der Waals surface area contributed by atoms with E-state index in [1.54, 1.807) is 42.5 Å². The van der Waals surface area contributed by atoms with Gasteiger partial charge in [-0.25, -0.2) is 0 Å². The van der Waals surface area contributed by atoms with Crippen LogP contribution in [-0.2, 0) is 10.4 Å². The molecule has 2 N–H and O–H groups in total. The fourth-order valence-corrected chi connectivity index (χ4v) is 2.93. The summed E-state index contributed by atoms with van der Waals surface area (Å²) in [7, 11) is 1.46. The van der Waals surface area contributed by atoms with Crippen molar-refractivity contribution in [3.63, 3.8) is 0 Å². The first kappa shape index (κ1) is 15.5. The smallest absolute Gasteiger partial charge is 0.261 e. The second-order valence-electron chi connectivity index (χ2n) is 5.28. The van der Waals surface area contributed by atoms with Crippen molar-refractivity contribution in [3.8, 4) is 5.75 Å². The molecule has 0 saturated carbocycles. The Kier molecular flexibility index (Phi) is 3.83. The van der Waals surface area contributed by atoms with E-state index in [4.69, 9.17) is 16.3 Å². The standard InChI is InChI=1S/C17H14ClNO4/c1-23-14-8-3-2-5-10(14)13(20)9-17(22)11-6-4-7-12(18)15(11)19-16(17)21/h2-8,22H,9H2,1H3,(H,19,21). The average Bonchev–Trinajstić information content (AvgIpc) is 2.80. The Hall–Kier alpha value is -2.37. The molecule has 3 rings (SSSR count). The predicted molar refractivity (Wildman–Crippen MR) is 85.9 cm³/mol. The number of ether oxygens (including phenoxy) is 1. The third-order valence-corrected chi connectivity index (χ3v) is 4.21. The maximum atomic E-state index is 12.6. The minimum Gasteiger partial charge on any atom is -0.496 e. The van der Waals surface area contributed by atoms with Crippen LogP contribution in [0.3, 0.4) is 0 Å². The zero-order valence-corrected chi connectivity index (χ0v) is 13.1. The van der Waals surface area contributed by atoms with Gasteiger partial charge in [-0.15, -0.1) is 0 Å². The van der Waals surface area contributed by atoms with Crippen molar-refractivity contribution in [2.75, 3.05) is 12.4 Å². The van der Waals surface area contributed by atoms with Crippen LogP contribution >= 0.6 is 11.6 Å². The molecule has 0 bridgehead atoms. The first-order chi connectivity index (χ1) is 11.0. The van der Waals surface area contributed by atoms with Gasteiger partial charge in [0.05, 0.1) is 29.8 Å². The molecule has 1 unspecified atom stereocenters. The van der Waals surface area contributed by atoms with E-state index >= 15 is 0 Å². The van der Waals surface area contributed by atoms with Gasteiger partial charge >= 0.3 is 0 Å². The fraction of sp³-hybridized carbons (Fsp3) is 0.176. The minimum atomic E-state index is -1.95. The molecule has 1 amide bonds. The quantitative estimate of drug-likeness (QED) is 0.845. The Bertz CT molecular complexity index is 805. The summed E-state index contributed by atoms with van der Waals surface area (Å²) in [5.74, 6) is -0.664. The van der Waals surface area contributed by atoms with Crippen molar-refractivity contribution in [2.45, 2.75) is 12.0 Å². The van der Waals surface area contributed by atoms with Gasteiger partial charge in [0, 0.05) is 5.56 Å². The monoisotopic (exact) mass is 331 g/mol. The van der Waals surface area contributed by atoms with Crippen LogP contribution in [0.2, 0.25) is 5.02 Å². The summed E-state index contributed by atoms with van der Waals surface area (Å²) in [5, 5.41) is 13.7. The van der Waals surface area contributed by atoms with E-state index in [0.717, 1.165) is 0 Å². The van der Waals surface area contributed by atoms with Crippen molar-refractivity contribution < 1.29 is 19.4 Å². The molecule has 0 aromatic heterocycles. The van der Waals surface area contributed by atoms with Crippen LogP contribution in [0.25, 0.3) is 0 Å². The number of ketones is 1. The SMILES string of the molecule is COc1ccccc1C(=O)CC1(O)C(=O)Nc2c(Cl)cccc21. The van der Waals surface area contributed by atoms with Gasteiger partial charge in [-0.1, -0.05) is 35.9 Å². The number of rotatable bonds is 4. The van der Waals surface area contributed by atoms with Crippen LogP contribution in [-0.4, -0.2) is 23.9 Å². The van der Waals surface area contributed by atoms with Crippen molar-refractivity contribution in [3.05, 3.63) is 58.6 Å². The van der Waals surface area contributed by atoms with Crippen molar-refractivity contribution in [2.24, 2.45) is 0 Å². The lowest BCUT2D eigenvalue weighted by Crippen LogP contribution is -2.36. The fourth-order valence-electron chi connectivity index (χ4n) is 2.71. The number of halogens is 1. The molecule has 2 aromatic carbocycles. The minimum absolute atomic E-state index is 0.304. The summed E-state index contributed by atoms with van der Waals surface area (Å²) in [5.41, 5.74) is -0.988. The number of para-hydroxylation sites is 2. The predicted octanol–water partition coefficient (Wildman–Crippen LogP) is 2.76. The summed E-state index contributed by atoms with van der Waals surface area (Å²) in [6, 6.07) is 11.5. The second-order valence-corrected chi connectivity index (χ2v) is 5.68. The third-order valence-electron chi connectivity index (χ3n) is 3.90. The van der Waals surface area contributed by atoms with E-state index in [9.17, 15) is 14.7 Å². The highest BCUT2D eigenvalue weighted by Crippen LogP contribution is 2.42. The Labute approximate surface area is 137 Å². The summed E-state index contributed by atoms with van der Waals surface area (Å²) < 4.78 is 5.16. The normalized spacial score (nSPS) is 19.2. The summed E-state index contributed by atoms with van der Waals surface area (Å²) in [6.07, 6.45) is -0.396. The molecule has 0 aliphatic carbocycles. The Balaban J connectivity index is 1.98. The Morgan fingerprint density at radius 1 is 1.26 bits per heavy atom. The molecule has 1 heterocycles. The van der Waals surface area contributed by atoms with E-state index < -0.39 is 23.7 Å². The number of hydrogen-bond acceptors (Lipinski definition) is 4.